The molecule has 1 aromatic rings. The molecule has 0 spiro atoms. The fourth-order valence-electron chi connectivity index (χ4n) is 2.56. The van der Waals surface area contributed by atoms with Gasteiger partial charge in [0.05, 0.1) is 5.38 Å². The highest BCUT2D eigenvalue weighted by Crippen LogP contribution is 2.42. The SMILES string of the molecule is CC(C)(C)c1ccc(C(Cl)C2CCCCC2)s1. The molecule has 0 saturated heterocycles. The van der Waals surface area contributed by atoms with Gasteiger partial charge in [0.2, 0.25) is 0 Å². The summed E-state index contributed by atoms with van der Waals surface area (Å²) in [5.74, 6) is 0.705. The van der Waals surface area contributed by atoms with Gasteiger partial charge < -0.3 is 0 Å². The number of hydrogen-bond donors (Lipinski definition) is 0. The van der Waals surface area contributed by atoms with Crippen molar-refractivity contribution in [2.75, 3.05) is 0 Å². The van der Waals surface area contributed by atoms with Gasteiger partial charge >= 0.3 is 0 Å². The quantitative estimate of drug-likeness (QED) is 0.587. The van der Waals surface area contributed by atoms with E-state index in [-0.39, 0.29) is 10.8 Å². The third-order valence-electron chi connectivity index (χ3n) is 3.70. The Labute approximate surface area is 114 Å². The second kappa shape index (κ2) is 5.32. The van der Waals surface area contributed by atoms with Crippen LogP contribution in [0.15, 0.2) is 12.1 Å². The second-order valence-electron chi connectivity index (χ2n) is 6.25. The van der Waals surface area contributed by atoms with Crippen molar-refractivity contribution in [2.45, 2.75) is 63.7 Å². The lowest BCUT2D eigenvalue weighted by Crippen LogP contribution is -2.11. The average Bonchev–Trinajstić information content (AvgIpc) is 2.78. The van der Waals surface area contributed by atoms with Crippen molar-refractivity contribution in [1.82, 2.24) is 0 Å². The van der Waals surface area contributed by atoms with E-state index in [2.05, 4.69) is 32.9 Å². The zero-order chi connectivity index (χ0) is 12.5. The van der Waals surface area contributed by atoms with Crippen molar-refractivity contribution in [1.29, 1.82) is 0 Å². The minimum absolute atomic E-state index is 0.247. The molecule has 2 rings (SSSR count). The number of hydrogen-bond acceptors (Lipinski definition) is 1. The summed E-state index contributed by atoms with van der Waals surface area (Å²) in [5, 5.41) is 0.247. The van der Waals surface area contributed by atoms with Gasteiger partial charge in [0.15, 0.2) is 0 Å². The Hall–Kier alpha value is -0.0100. The first-order chi connectivity index (χ1) is 7.98. The van der Waals surface area contributed by atoms with E-state index in [1.807, 2.05) is 11.3 Å². The molecule has 0 bridgehead atoms. The average molecular weight is 271 g/mol. The Morgan fingerprint density at radius 3 is 2.35 bits per heavy atom. The summed E-state index contributed by atoms with van der Waals surface area (Å²) >= 11 is 8.57. The minimum atomic E-state index is 0.247. The molecule has 0 amide bonds. The standard InChI is InChI=1S/C15H23ClS/c1-15(2,3)13-10-9-12(17-13)14(16)11-7-5-4-6-8-11/h9-11,14H,4-8H2,1-3H3. The van der Waals surface area contributed by atoms with Gasteiger partial charge in [-0.1, -0.05) is 40.0 Å². The van der Waals surface area contributed by atoms with E-state index in [1.165, 1.54) is 41.9 Å². The van der Waals surface area contributed by atoms with Gasteiger partial charge in [-0.25, -0.2) is 0 Å². The lowest BCUT2D eigenvalue weighted by molar-refractivity contribution is 0.350. The maximum absolute atomic E-state index is 6.66. The second-order valence-corrected chi connectivity index (χ2v) is 7.84. The molecule has 1 saturated carbocycles. The van der Waals surface area contributed by atoms with Gasteiger partial charge in [0.1, 0.15) is 0 Å². The third kappa shape index (κ3) is 3.26. The summed E-state index contributed by atoms with van der Waals surface area (Å²) in [6.45, 7) is 6.81. The lowest BCUT2D eigenvalue weighted by Gasteiger charge is -2.25. The smallest absolute Gasteiger partial charge is 0.0706 e. The predicted octanol–water partition coefficient (Wildman–Crippen LogP) is 5.91. The topological polar surface area (TPSA) is 0 Å². The number of thiophene rings is 1. The molecular weight excluding hydrogens is 248 g/mol. The van der Waals surface area contributed by atoms with Crippen molar-refractivity contribution in [2.24, 2.45) is 5.92 Å². The molecule has 1 fully saturated rings. The van der Waals surface area contributed by atoms with E-state index >= 15 is 0 Å². The fourth-order valence-corrected chi connectivity index (χ4v) is 4.16. The van der Waals surface area contributed by atoms with Crippen LogP contribution in [0, 0.1) is 5.92 Å². The van der Waals surface area contributed by atoms with Crippen LogP contribution in [0.25, 0.3) is 0 Å². The molecule has 1 atom stereocenters. The molecule has 96 valence electrons. The van der Waals surface area contributed by atoms with Crippen LogP contribution in [0.1, 0.15) is 68.0 Å². The predicted molar refractivity (Wildman–Crippen MR) is 78.2 cm³/mol. The summed E-state index contributed by atoms with van der Waals surface area (Å²) in [6, 6.07) is 4.51. The summed E-state index contributed by atoms with van der Waals surface area (Å²) in [7, 11) is 0. The highest BCUT2D eigenvalue weighted by molar-refractivity contribution is 7.12. The van der Waals surface area contributed by atoms with Crippen molar-refractivity contribution in [3.8, 4) is 0 Å². The monoisotopic (exact) mass is 270 g/mol. The molecule has 1 aliphatic carbocycles. The van der Waals surface area contributed by atoms with Crippen LogP contribution in [0.5, 0.6) is 0 Å². The number of rotatable bonds is 2. The normalized spacial score (nSPS) is 20.5. The van der Waals surface area contributed by atoms with E-state index in [0.29, 0.717) is 5.92 Å². The summed E-state index contributed by atoms with van der Waals surface area (Å²) in [5.41, 5.74) is 0.256. The molecular formula is C15H23ClS. The molecule has 1 aromatic heterocycles. The molecule has 0 nitrogen and oxygen atoms in total. The van der Waals surface area contributed by atoms with E-state index in [9.17, 15) is 0 Å². The van der Waals surface area contributed by atoms with Gasteiger partial charge in [-0.2, -0.15) is 0 Å². The molecule has 0 N–H and O–H groups in total. The lowest BCUT2D eigenvalue weighted by atomic mass is 9.86. The number of alkyl halides is 1. The maximum Gasteiger partial charge on any atom is 0.0706 e. The molecule has 1 unspecified atom stereocenters. The third-order valence-corrected chi connectivity index (χ3v) is 6.02. The Balaban J connectivity index is 2.08. The Morgan fingerprint density at radius 1 is 1.18 bits per heavy atom. The largest absolute Gasteiger partial charge is 0.143 e. The van der Waals surface area contributed by atoms with Gasteiger partial charge in [-0.05, 0) is 36.3 Å². The van der Waals surface area contributed by atoms with Crippen molar-refractivity contribution < 1.29 is 0 Å². The first-order valence-electron chi connectivity index (χ1n) is 6.73. The Morgan fingerprint density at radius 2 is 1.82 bits per heavy atom. The van der Waals surface area contributed by atoms with Crippen molar-refractivity contribution in [3.05, 3.63) is 21.9 Å². The van der Waals surface area contributed by atoms with Gasteiger partial charge in [0, 0.05) is 9.75 Å². The highest BCUT2D eigenvalue weighted by Gasteiger charge is 2.25. The van der Waals surface area contributed by atoms with E-state index in [4.69, 9.17) is 11.6 Å². The van der Waals surface area contributed by atoms with Gasteiger partial charge in [-0.15, -0.1) is 22.9 Å². The molecule has 2 heteroatoms. The van der Waals surface area contributed by atoms with Gasteiger partial charge in [0.25, 0.3) is 0 Å². The zero-order valence-electron chi connectivity index (χ0n) is 11.1. The van der Waals surface area contributed by atoms with Crippen LogP contribution in [-0.4, -0.2) is 0 Å². The van der Waals surface area contributed by atoms with Crippen LogP contribution >= 0.6 is 22.9 Å². The maximum atomic E-state index is 6.66. The minimum Gasteiger partial charge on any atom is -0.143 e. The van der Waals surface area contributed by atoms with E-state index < -0.39 is 0 Å². The number of halogens is 1. The molecule has 0 aromatic carbocycles. The van der Waals surface area contributed by atoms with E-state index in [1.54, 1.807) is 0 Å². The zero-order valence-corrected chi connectivity index (χ0v) is 12.7. The molecule has 1 heterocycles. The van der Waals surface area contributed by atoms with Crippen LogP contribution in [0.3, 0.4) is 0 Å². The first kappa shape index (κ1) is 13.4. The first-order valence-corrected chi connectivity index (χ1v) is 7.98. The van der Waals surface area contributed by atoms with Crippen LogP contribution < -0.4 is 0 Å². The van der Waals surface area contributed by atoms with Crippen LogP contribution in [0.2, 0.25) is 0 Å². The highest BCUT2D eigenvalue weighted by atomic mass is 35.5. The van der Waals surface area contributed by atoms with Crippen molar-refractivity contribution >= 4 is 22.9 Å². The fraction of sp³-hybridized carbons (Fsp3) is 0.733. The molecule has 0 aliphatic heterocycles. The van der Waals surface area contributed by atoms with Gasteiger partial charge in [-0.3, -0.25) is 0 Å². The molecule has 17 heavy (non-hydrogen) atoms. The van der Waals surface area contributed by atoms with Crippen LogP contribution in [0.4, 0.5) is 0 Å². The summed E-state index contributed by atoms with van der Waals surface area (Å²) < 4.78 is 0. The van der Waals surface area contributed by atoms with Crippen LogP contribution in [-0.2, 0) is 5.41 Å². The molecule has 1 aliphatic rings. The molecule has 0 radical (unpaired) electrons. The van der Waals surface area contributed by atoms with Crippen molar-refractivity contribution in [3.63, 3.8) is 0 Å². The summed E-state index contributed by atoms with van der Waals surface area (Å²) in [6.07, 6.45) is 6.77. The summed E-state index contributed by atoms with van der Waals surface area (Å²) in [4.78, 5) is 2.83. The Bertz CT molecular complexity index is 355. The van der Waals surface area contributed by atoms with E-state index in [0.717, 1.165) is 0 Å². The Kier molecular flexibility index (Phi) is 4.20.